The predicted octanol–water partition coefficient (Wildman–Crippen LogP) is 1.79. The van der Waals surface area contributed by atoms with Crippen LogP contribution in [0, 0.1) is 0 Å². The van der Waals surface area contributed by atoms with Crippen molar-refractivity contribution in [1.82, 2.24) is 0 Å². The Hall–Kier alpha value is -0.620. The van der Waals surface area contributed by atoms with Gasteiger partial charge in [-0.3, -0.25) is 0 Å². The average molecular weight is 298 g/mol. The molecule has 1 aromatic rings. The first-order valence-electron chi connectivity index (χ1n) is 2.90. The molecule has 4 nitrogen and oxygen atoms in total. The zero-order chi connectivity index (χ0) is 9.46. The van der Waals surface area contributed by atoms with E-state index in [4.69, 9.17) is 11.5 Å². The molecular weight excluding hydrogens is 292 g/mol. The first kappa shape index (κ1) is 9.47. The van der Waals surface area contributed by atoms with E-state index in [0.29, 0.717) is 4.47 Å². The molecule has 0 saturated heterocycles. The Bertz CT molecular complexity index is 236. The molecule has 0 saturated carbocycles. The lowest BCUT2D eigenvalue weighted by Crippen LogP contribution is -1.95. The summed E-state index contributed by atoms with van der Waals surface area (Å²) in [6, 6.07) is 0. The summed E-state index contributed by atoms with van der Waals surface area (Å²) in [5.41, 5.74) is 11.1. The van der Waals surface area contributed by atoms with Gasteiger partial charge in [-0.05, 0) is 31.9 Å². The second-order valence-corrected chi connectivity index (χ2v) is 3.74. The fourth-order valence-electron chi connectivity index (χ4n) is 0.702. The summed E-state index contributed by atoms with van der Waals surface area (Å²) in [5.74, 6) is -0.456. The van der Waals surface area contributed by atoms with Crippen molar-refractivity contribution in [2.45, 2.75) is 0 Å². The molecular formula is C6H6Br2N2O2. The molecule has 0 unspecified atom stereocenters. The largest absolute Gasteiger partial charge is 0.504 e. The number of anilines is 2. The molecule has 0 radical (unpaired) electrons. The van der Waals surface area contributed by atoms with Crippen LogP contribution in [0.2, 0.25) is 0 Å². The maximum atomic E-state index is 9.27. The lowest BCUT2D eigenvalue weighted by atomic mass is 10.2. The van der Waals surface area contributed by atoms with Crippen molar-refractivity contribution in [3.63, 3.8) is 0 Å². The third-order valence-corrected chi connectivity index (χ3v) is 3.00. The van der Waals surface area contributed by atoms with Crippen LogP contribution >= 0.6 is 31.9 Å². The summed E-state index contributed by atoms with van der Waals surface area (Å²) in [4.78, 5) is 0. The van der Waals surface area contributed by atoms with Gasteiger partial charge >= 0.3 is 0 Å². The molecule has 0 atom stereocenters. The standard InChI is InChI=1S/C6H6Br2N2O2/c7-1-3(9)5(11)2(8)6(12)4(1)10/h11-12H,9-10H2. The van der Waals surface area contributed by atoms with Crippen molar-refractivity contribution in [2.24, 2.45) is 0 Å². The summed E-state index contributed by atoms with van der Waals surface area (Å²) in [5, 5.41) is 18.5. The van der Waals surface area contributed by atoms with Crippen LogP contribution in [0.1, 0.15) is 0 Å². The molecule has 66 valence electrons. The second-order valence-electron chi connectivity index (χ2n) is 2.15. The Morgan fingerprint density at radius 2 is 1.17 bits per heavy atom. The summed E-state index contributed by atoms with van der Waals surface area (Å²) < 4.78 is 0.390. The number of benzene rings is 1. The quantitative estimate of drug-likeness (QED) is 0.334. The first-order valence-corrected chi connectivity index (χ1v) is 4.49. The van der Waals surface area contributed by atoms with Gasteiger partial charge in [0.05, 0.1) is 15.8 Å². The van der Waals surface area contributed by atoms with Gasteiger partial charge < -0.3 is 21.7 Å². The number of aromatic hydroxyl groups is 2. The highest BCUT2D eigenvalue weighted by Gasteiger charge is 2.16. The van der Waals surface area contributed by atoms with Crippen LogP contribution < -0.4 is 11.5 Å². The van der Waals surface area contributed by atoms with Crippen molar-refractivity contribution in [3.8, 4) is 11.5 Å². The van der Waals surface area contributed by atoms with Crippen LogP contribution in [-0.2, 0) is 0 Å². The van der Waals surface area contributed by atoms with Gasteiger partial charge in [-0.2, -0.15) is 0 Å². The molecule has 0 fully saturated rings. The maximum Gasteiger partial charge on any atom is 0.157 e. The zero-order valence-corrected chi connectivity index (χ0v) is 8.98. The van der Waals surface area contributed by atoms with Gasteiger partial charge in [-0.15, -0.1) is 0 Å². The fourth-order valence-corrected chi connectivity index (χ4v) is 1.50. The van der Waals surface area contributed by atoms with Crippen molar-refractivity contribution >= 4 is 43.2 Å². The first-order chi connectivity index (χ1) is 5.46. The molecule has 0 amide bonds. The molecule has 12 heavy (non-hydrogen) atoms. The van der Waals surface area contributed by atoms with Gasteiger partial charge in [-0.1, -0.05) is 0 Å². The SMILES string of the molecule is Nc1c(O)c(Br)c(O)c(N)c1Br. The van der Waals surface area contributed by atoms with E-state index in [2.05, 4.69) is 31.9 Å². The molecule has 0 bridgehead atoms. The lowest BCUT2D eigenvalue weighted by molar-refractivity contribution is 0.447. The Morgan fingerprint density at radius 1 is 0.833 bits per heavy atom. The minimum Gasteiger partial charge on any atom is -0.504 e. The van der Waals surface area contributed by atoms with Gasteiger partial charge in [0.1, 0.15) is 4.47 Å². The van der Waals surface area contributed by atoms with E-state index >= 15 is 0 Å². The number of halogens is 2. The minimum absolute atomic E-state index is 0.0946. The third kappa shape index (κ3) is 1.21. The summed E-state index contributed by atoms with van der Waals surface area (Å²) in [6.07, 6.45) is 0. The highest BCUT2D eigenvalue weighted by Crippen LogP contribution is 2.47. The highest BCUT2D eigenvalue weighted by molar-refractivity contribution is 9.11. The number of nitrogens with two attached hydrogens (primary N) is 2. The maximum absolute atomic E-state index is 9.27. The van der Waals surface area contributed by atoms with E-state index in [0.717, 1.165) is 0 Å². The van der Waals surface area contributed by atoms with Crippen LogP contribution in [-0.4, -0.2) is 10.2 Å². The molecule has 0 spiro atoms. The summed E-state index contributed by atoms with van der Waals surface area (Å²) in [7, 11) is 0. The zero-order valence-electron chi connectivity index (χ0n) is 5.81. The predicted molar refractivity (Wildman–Crippen MR) is 54.0 cm³/mol. The normalized spacial score (nSPS) is 10.2. The number of rotatable bonds is 0. The van der Waals surface area contributed by atoms with Crippen LogP contribution in [0.25, 0.3) is 0 Å². The van der Waals surface area contributed by atoms with Gasteiger partial charge in [0.25, 0.3) is 0 Å². The van der Waals surface area contributed by atoms with Gasteiger partial charge in [0.15, 0.2) is 11.5 Å². The average Bonchev–Trinajstić information content (AvgIpc) is 2.08. The van der Waals surface area contributed by atoms with Gasteiger partial charge in [0.2, 0.25) is 0 Å². The number of hydrogen-bond acceptors (Lipinski definition) is 4. The van der Waals surface area contributed by atoms with Crippen LogP contribution in [0.5, 0.6) is 11.5 Å². The van der Waals surface area contributed by atoms with Crippen molar-refractivity contribution in [3.05, 3.63) is 8.95 Å². The molecule has 0 aliphatic rings. The van der Waals surface area contributed by atoms with Crippen LogP contribution in [0.4, 0.5) is 11.4 Å². The molecule has 0 aliphatic carbocycles. The van der Waals surface area contributed by atoms with E-state index in [1.807, 2.05) is 0 Å². The smallest absolute Gasteiger partial charge is 0.157 e. The van der Waals surface area contributed by atoms with E-state index in [1.165, 1.54) is 0 Å². The highest BCUT2D eigenvalue weighted by atomic mass is 79.9. The number of phenolic OH excluding ortho intramolecular Hbond substituents is 2. The lowest BCUT2D eigenvalue weighted by Gasteiger charge is -2.09. The number of hydrogen-bond donors (Lipinski definition) is 4. The van der Waals surface area contributed by atoms with E-state index in [9.17, 15) is 10.2 Å². The number of nitrogen functional groups attached to an aromatic ring is 2. The molecule has 6 N–H and O–H groups in total. The molecule has 0 aliphatic heterocycles. The van der Waals surface area contributed by atoms with Gasteiger partial charge in [0, 0.05) is 0 Å². The van der Waals surface area contributed by atoms with E-state index in [-0.39, 0.29) is 27.3 Å². The minimum atomic E-state index is -0.228. The monoisotopic (exact) mass is 296 g/mol. The molecule has 0 aromatic heterocycles. The van der Waals surface area contributed by atoms with Gasteiger partial charge in [-0.25, -0.2) is 0 Å². The molecule has 1 rings (SSSR count). The Kier molecular flexibility index (Phi) is 2.39. The molecule has 6 heteroatoms. The summed E-state index contributed by atoms with van der Waals surface area (Å²) >= 11 is 5.96. The fraction of sp³-hybridized carbons (Fsp3) is 0. The second kappa shape index (κ2) is 3.02. The Balaban J connectivity index is 3.60. The molecule has 1 aromatic carbocycles. The van der Waals surface area contributed by atoms with Crippen molar-refractivity contribution < 1.29 is 10.2 Å². The third-order valence-electron chi connectivity index (χ3n) is 1.40. The number of phenols is 2. The van der Waals surface area contributed by atoms with Crippen LogP contribution in [0.15, 0.2) is 8.95 Å². The van der Waals surface area contributed by atoms with Crippen LogP contribution in [0.3, 0.4) is 0 Å². The molecule has 0 heterocycles. The summed E-state index contributed by atoms with van der Waals surface area (Å²) in [6.45, 7) is 0. The Morgan fingerprint density at radius 3 is 1.50 bits per heavy atom. The van der Waals surface area contributed by atoms with Crippen molar-refractivity contribution in [2.75, 3.05) is 11.5 Å². The van der Waals surface area contributed by atoms with E-state index < -0.39 is 0 Å². The van der Waals surface area contributed by atoms with E-state index in [1.54, 1.807) is 0 Å². The van der Waals surface area contributed by atoms with Crippen molar-refractivity contribution in [1.29, 1.82) is 0 Å². The Labute approximate surface area is 85.4 Å². The topological polar surface area (TPSA) is 92.5 Å².